The number of hydrogen-bond acceptors (Lipinski definition) is 3. The van der Waals surface area contributed by atoms with Crippen LogP contribution in [0.2, 0.25) is 5.02 Å². The zero-order valence-electron chi connectivity index (χ0n) is 11.8. The molecule has 1 atom stereocenters. The van der Waals surface area contributed by atoms with Gasteiger partial charge in [-0.15, -0.1) is 0 Å². The van der Waals surface area contributed by atoms with Gasteiger partial charge in [-0.1, -0.05) is 23.7 Å². The van der Waals surface area contributed by atoms with E-state index in [1.807, 2.05) is 17.0 Å². The highest BCUT2D eigenvalue weighted by Crippen LogP contribution is 2.15. The number of hydrogen-bond donors (Lipinski definition) is 2. The average molecular weight is 310 g/mol. The monoisotopic (exact) mass is 309 g/mol. The molecule has 5 nitrogen and oxygen atoms in total. The van der Waals surface area contributed by atoms with E-state index in [1.54, 1.807) is 12.1 Å². The van der Waals surface area contributed by atoms with Crippen molar-refractivity contribution in [2.24, 2.45) is 11.7 Å². The second-order valence-electron chi connectivity index (χ2n) is 5.38. The summed E-state index contributed by atoms with van der Waals surface area (Å²) in [5.74, 6) is -0.459. The van der Waals surface area contributed by atoms with Gasteiger partial charge in [0.15, 0.2) is 0 Å². The van der Waals surface area contributed by atoms with Crippen LogP contribution < -0.4 is 11.1 Å². The van der Waals surface area contributed by atoms with Crippen molar-refractivity contribution in [2.75, 3.05) is 19.6 Å². The van der Waals surface area contributed by atoms with E-state index in [2.05, 4.69) is 5.32 Å². The van der Waals surface area contributed by atoms with Crippen LogP contribution in [0.4, 0.5) is 0 Å². The van der Waals surface area contributed by atoms with E-state index in [-0.39, 0.29) is 17.7 Å². The third-order valence-corrected chi connectivity index (χ3v) is 3.93. The highest BCUT2D eigenvalue weighted by Gasteiger charge is 2.24. The standard InChI is InChI=1S/C15H20ClN3O2/c16-13-5-3-11(4-6-13)8-18-14(20)10-19-7-1-2-12(9-19)15(17)21/h3-6,12H,1-2,7-10H2,(H2,17,21)(H,18,20)/t12-/m0/s1. The molecule has 0 unspecified atom stereocenters. The van der Waals surface area contributed by atoms with E-state index >= 15 is 0 Å². The molecular weight excluding hydrogens is 290 g/mol. The fourth-order valence-corrected chi connectivity index (χ4v) is 2.62. The topological polar surface area (TPSA) is 75.4 Å². The van der Waals surface area contributed by atoms with Crippen LogP contribution in [-0.2, 0) is 16.1 Å². The minimum Gasteiger partial charge on any atom is -0.369 e. The van der Waals surface area contributed by atoms with Gasteiger partial charge in [-0.3, -0.25) is 14.5 Å². The van der Waals surface area contributed by atoms with Crippen molar-refractivity contribution >= 4 is 23.4 Å². The molecule has 1 fully saturated rings. The Morgan fingerprint density at radius 2 is 2.05 bits per heavy atom. The maximum absolute atomic E-state index is 11.9. The van der Waals surface area contributed by atoms with Gasteiger partial charge in [-0.2, -0.15) is 0 Å². The SMILES string of the molecule is NC(=O)[C@H]1CCCN(CC(=O)NCc2ccc(Cl)cc2)C1. The predicted octanol–water partition coefficient (Wildman–Crippen LogP) is 1.15. The van der Waals surface area contributed by atoms with Gasteiger partial charge in [0.05, 0.1) is 12.5 Å². The van der Waals surface area contributed by atoms with E-state index in [0.29, 0.717) is 24.7 Å². The van der Waals surface area contributed by atoms with Gasteiger partial charge in [0.1, 0.15) is 0 Å². The van der Waals surface area contributed by atoms with E-state index in [0.717, 1.165) is 24.9 Å². The minimum atomic E-state index is -0.277. The highest BCUT2D eigenvalue weighted by molar-refractivity contribution is 6.30. The summed E-state index contributed by atoms with van der Waals surface area (Å²) < 4.78 is 0. The number of nitrogens with zero attached hydrogens (tertiary/aromatic N) is 1. The van der Waals surface area contributed by atoms with Crippen LogP contribution in [0.5, 0.6) is 0 Å². The van der Waals surface area contributed by atoms with Gasteiger partial charge < -0.3 is 11.1 Å². The van der Waals surface area contributed by atoms with Crippen molar-refractivity contribution in [2.45, 2.75) is 19.4 Å². The molecule has 0 aliphatic carbocycles. The molecule has 0 radical (unpaired) electrons. The molecule has 114 valence electrons. The van der Waals surface area contributed by atoms with Gasteiger partial charge in [0.25, 0.3) is 0 Å². The van der Waals surface area contributed by atoms with E-state index in [1.165, 1.54) is 0 Å². The summed E-state index contributed by atoms with van der Waals surface area (Å²) in [6, 6.07) is 7.36. The minimum absolute atomic E-state index is 0.0462. The number of likely N-dealkylation sites (tertiary alicyclic amines) is 1. The molecule has 1 heterocycles. The molecule has 1 aliphatic rings. The molecule has 1 aliphatic heterocycles. The predicted molar refractivity (Wildman–Crippen MR) is 81.7 cm³/mol. The number of nitrogens with two attached hydrogens (primary N) is 1. The maximum atomic E-state index is 11.9. The van der Waals surface area contributed by atoms with Crippen LogP contribution in [0, 0.1) is 5.92 Å². The molecule has 0 spiro atoms. The Morgan fingerprint density at radius 3 is 2.71 bits per heavy atom. The first-order chi connectivity index (χ1) is 10.0. The number of rotatable bonds is 5. The number of primary amides is 1. The normalized spacial score (nSPS) is 19.2. The molecule has 6 heteroatoms. The second-order valence-corrected chi connectivity index (χ2v) is 5.82. The average Bonchev–Trinajstić information content (AvgIpc) is 2.47. The van der Waals surface area contributed by atoms with Gasteiger partial charge in [-0.25, -0.2) is 0 Å². The van der Waals surface area contributed by atoms with Crippen molar-refractivity contribution in [3.63, 3.8) is 0 Å². The van der Waals surface area contributed by atoms with Crippen molar-refractivity contribution < 1.29 is 9.59 Å². The van der Waals surface area contributed by atoms with Crippen molar-refractivity contribution in [3.8, 4) is 0 Å². The number of halogens is 1. The molecule has 2 rings (SSSR count). The Kier molecular flexibility index (Phi) is 5.59. The van der Waals surface area contributed by atoms with Crippen LogP contribution >= 0.6 is 11.6 Å². The Labute approximate surface area is 129 Å². The Hall–Kier alpha value is -1.59. The number of amides is 2. The summed E-state index contributed by atoms with van der Waals surface area (Å²) >= 11 is 5.81. The van der Waals surface area contributed by atoms with Crippen LogP contribution in [0.3, 0.4) is 0 Å². The molecule has 1 saturated heterocycles. The summed E-state index contributed by atoms with van der Waals surface area (Å²) in [5.41, 5.74) is 6.33. The number of piperidine rings is 1. The Balaban J connectivity index is 1.76. The quantitative estimate of drug-likeness (QED) is 0.857. The summed E-state index contributed by atoms with van der Waals surface area (Å²) in [7, 11) is 0. The Bertz CT molecular complexity index is 504. The van der Waals surface area contributed by atoms with E-state index in [9.17, 15) is 9.59 Å². The molecule has 0 saturated carbocycles. The molecule has 1 aromatic carbocycles. The van der Waals surface area contributed by atoms with Crippen molar-refractivity contribution in [3.05, 3.63) is 34.9 Å². The van der Waals surface area contributed by atoms with Crippen LogP contribution in [0.1, 0.15) is 18.4 Å². The van der Waals surface area contributed by atoms with Crippen LogP contribution in [0.25, 0.3) is 0 Å². The van der Waals surface area contributed by atoms with Crippen molar-refractivity contribution in [1.82, 2.24) is 10.2 Å². The van der Waals surface area contributed by atoms with E-state index in [4.69, 9.17) is 17.3 Å². The zero-order valence-corrected chi connectivity index (χ0v) is 12.6. The third kappa shape index (κ3) is 5.02. The lowest BCUT2D eigenvalue weighted by molar-refractivity contribution is -0.126. The summed E-state index contributed by atoms with van der Waals surface area (Å²) in [4.78, 5) is 25.1. The van der Waals surface area contributed by atoms with Crippen molar-refractivity contribution in [1.29, 1.82) is 0 Å². The number of carbonyl (C=O) groups excluding carboxylic acids is 2. The summed E-state index contributed by atoms with van der Waals surface area (Å²) in [5, 5.41) is 3.55. The fourth-order valence-electron chi connectivity index (χ4n) is 2.49. The fraction of sp³-hybridized carbons (Fsp3) is 0.467. The first kappa shape index (κ1) is 15.8. The zero-order chi connectivity index (χ0) is 15.2. The second kappa shape index (κ2) is 7.43. The van der Waals surface area contributed by atoms with E-state index < -0.39 is 0 Å². The molecule has 0 aromatic heterocycles. The molecule has 3 N–H and O–H groups in total. The number of benzene rings is 1. The molecule has 21 heavy (non-hydrogen) atoms. The molecule has 1 aromatic rings. The first-order valence-electron chi connectivity index (χ1n) is 7.07. The number of carbonyl (C=O) groups is 2. The molecular formula is C15H20ClN3O2. The largest absolute Gasteiger partial charge is 0.369 e. The highest BCUT2D eigenvalue weighted by atomic mass is 35.5. The lowest BCUT2D eigenvalue weighted by Gasteiger charge is -2.30. The molecule has 2 amide bonds. The molecule has 0 bridgehead atoms. The Morgan fingerprint density at radius 1 is 1.33 bits per heavy atom. The summed E-state index contributed by atoms with van der Waals surface area (Å²) in [6.07, 6.45) is 1.72. The van der Waals surface area contributed by atoms with Gasteiger partial charge in [0.2, 0.25) is 11.8 Å². The van der Waals surface area contributed by atoms with Crippen LogP contribution in [-0.4, -0.2) is 36.3 Å². The van der Waals surface area contributed by atoms with Gasteiger partial charge in [0, 0.05) is 18.1 Å². The first-order valence-corrected chi connectivity index (χ1v) is 7.45. The number of nitrogens with one attached hydrogen (secondary N) is 1. The van der Waals surface area contributed by atoms with Gasteiger partial charge >= 0.3 is 0 Å². The van der Waals surface area contributed by atoms with Gasteiger partial charge in [-0.05, 0) is 37.1 Å². The smallest absolute Gasteiger partial charge is 0.234 e. The lowest BCUT2D eigenvalue weighted by atomic mass is 9.97. The third-order valence-electron chi connectivity index (χ3n) is 3.68. The maximum Gasteiger partial charge on any atom is 0.234 e. The summed E-state index contributed by atoms with van der Waals surface area (Å²) in [6.45, 7) is 2.18. The lowest BCUT2D eigenvalue weighted by Crippen LogP contribution is -2.45. The van der Waals surface area contributed by atoms with Crippen LogP contribution in [0.15, 0.2) is 24.3 Å².